The molecule has 5 nitrogen and oxygen atoms in total. The molecule has 0 spiro atoms. The summed E-state index contributed by atoms with van der Waals surface area (Å²) < 4.78 is 5.69. The van der Waals surface area contributed by atoms with Gasteiger partial charge in [-0.1, -0.05) is 26.7 Å². The number of hydrogen-bond donors (Lipinski definition) is 0. The molecule has 1 aromatic carbocycles. The number of hydrogen-bond acceptors (Lipinski definition) is 3. The monoisotopic (exact) mass is 372 g/mol. The second-order valence-corrected chi connectivity index (χ2v) is 8.18. The summed E-state index contributed by atoms with van der Waals surface area (Å²) in [5.74, 6) is 1.82. The van der Waals surface area contributed by atoms with Gasteiger partial charge in [0.15, 0.2) is 0 Å². The Balaban J connectivity index is 1.55. The highest BCUT2D eigenvalue weighted by atomic mass is 16.5. The lowest BCUT2D eigenvalue weighted by atomic mass is 10.1. The Labute approximate surface area is 162 Å². The number of nitrogens with zero attached hydrogens (tertiary/aromatic N) is 2. The molecule has 0 N–H and O–H groups in total. The maximum absolute atomic E-state index is 12.8. The molecule has 1 aliphatic carbocycles. The zero-order chi connectivity index (χ0) is 19.2. The third-order valence-corrected chi connectivity index (χ3v) is 5.48. The van der Waals surface area contributed by atoms with Crippen LogP contribution in [0, 0.1) is 11.8 Å². The molecule has 3 rings (SSSR count). The van der Waals surface area contributed by atoms with Crippen LogP contribution in [-0.4, -0.2) is 54.4 Å². The minimum absolute atomic E-state index is 0.0422. The highest BCUT2D eigenvalue weighted by molar-refractivity contribution is 5.94. The van der Waals surface area contributed by atoms with Crippen molar-refractivity contribution in [3.05, 3.63) is 29.8 Å². The van der Waals surface area contributed by atoms with Gasteiger partial charge in [0, 0.05) is 37.7 Å². The highest BCUT2D eigenvalue weighted by Crippen LogP contribution is 2.27. The molecule has 0 aromatic heterocycles. The molecular weight excluding hydrogens is 340 g/mol. The fourth-order valence-electron chi connectivity index (χ4n) is 3.91. The van der Waals surface area contributed by atoms with E-state index in [0.717, 1.165) is 31.6 Å². The van der Waals surface area contributed by atoms with Crippen LogP contribution in [0.4, 0.5) is 0 Å². The number of benzene rings is 1. The van der Waals surface area contributed by atoms with Crippen molar-refractivity contribution in [1.82, 2.24) is 9.80 Å². The van der Waals surface area contributed by atoms with Crippen LogP contribution in [0.5, 0.6) is 5.75 Å². The van der Waals surface area contributed by atoms with Crippen LogP contribution >= 0.6 is 0 Å². The molecule has 1 saturated carbocycles. The normalized spacial score (nSPS) is 18.6. The Kier molecular flexibility index (Phi) is 6.75. The topological polar surface area (TPSA) is 49.9 Å². The summed E-state index contributed by atoms with van der Waals surface area (Å²) >= 11 is 0. The first-order valence-electron chi connectivity index (χ1n) is 10.4. The van der Waals surface area contributed by atoms with E-state index in [0.29, 0.717) is 43.6 Å². The van der Waals surface area contributed by atoms with E-state index in [1.165, 1.54) is 12.8 Å². The molecule has 0 atom stereocenters. The van der Waals surface area contributed by atoms with Crippen LogP contribution in [0.1, 0.15) is 56.3 Å². The van der Waals surface area contributed by atoms with Gasteiger partial charge in [-0.3, -0.25) is 9.59 Å². The molecule has 0 radical (unpaired) electrons. The Morgan fingerprint density at radius 1 is 0.963 bits per heavy atom. The van der Waals surface area contributed by atoms with Crippen molar-refractivity contribution in [3.63, 3.8) is 0 Å². The van der Waals surface area contributed by atoms with Gasteiger partial charge in [0.1, 0.15) is 5.75 Å². The predicted octanol–water partition coefficient (Wildman–Crippen LogP) is 3.59. The van der Waals surface area contributed by atoms with Crippen molar-refractivity contribution >= 4 is 11.8 Å². The van der Waals surface area contributed by atoms with Crippen LogP contribution in [0.3, 0.4) is 0 Å². The van der Waals surface area contributed by atoms with Crippen molar-refractivity contribution in [1.29, 1.82) is 0 Å². The van der Waals surface area contributed by atoms with Crippen molar-refractivity contribution in [2.45, 2.75) is 46.0 Å². The highest BCUT2D eigenvalue weighted by Gasteiger charge is 2.29. The minimum atomic E-state index is 0.0422. The summed E-state index contributed by atoms with van der Waals surface area (Å²) in [6.45, 7) is 7.62. The summed E-state index contributed by atoms with van der Waals surface area (Å²) in [6, 6.07) is 7.40. The van der Waals surface area contributed by atoms with E-state index in [1.54, 1.807) is 0 Å². The fourth-order valence-corrected chi connectivity index (χ4v) is 3.91. The van der Waals surface area contributed by atoms with E-state index in [2.05, 4.69) is 13.8 Å². The maximum Gasteiger partial charge on any atom is 0.253 e. The van der Waals surface area contributed by atoms with Crippen molar-refractivity contribution < 1.29 is 14.3 Å². The van der Waals surface area contributed by atoms with E-state index in [4.69, 9.17) is 4.74 Å². The summed E-state index contributed by atoms with van der Waals surface area (Å²) in [5.41, 5.74) is 0.683. The van der Waals surface area contributed by atoms with Crippen LogP contribution in [0.25, 0.3) is 0 Å². The van der Waals surface area contributed by atoms with Gasteiger partial charge < -0.3 is 14.5 Å². The van der Waals surface area contributed by atoms with Gasteiger partial charge >= 0.3 is 0 Å². The average Bonchev–Trinajstić information content (AvgIpc) is 3.10. The lowest BCUT2D eigenvalue weighted by molar-refractivity contribution is -0.135. The standard InChI is InChI=1S/C22H32N2O3/c1-17(2)16-27-20-10-8-19(9-11-20)22(26)24-13-5-12-23(14-15-24)21(25)18-6-3-4-7-18/h8-11,17-18H,3-7,12-16H2,1-2H3. The maximum atomic E-state index is 12.8. The summed E-state index contributed by atoms with van der Waals surface area (Å²) in [6.07, 6.45) is 5.25. The molecule has 2 fully saturated rings. The Hall–Kier alpha value is -2.04. The van der Waals surface area contributed by atoms with Gasteiger partial charge in [0.2, 0.25) is 5.91 Å². The van der Waals surface area contributed by atoms with Gasteiger partial charge in [0.25, 0.3) is 5.91 Å². The predicted molar refractivity (Wildman–Crippen MR) is 106 cm³/mol. The van der Waals surface area contributed by atoms with Crippen molar-refractivity contribution in [2.75, 3.05) is 32.8 Å². The summed E-state index contributed by atoms with van der Waals surface area (Å²) in [4.78, 5) is 29.4. The quantitative estimate of drug-likeness (QED) is 0.794. The van der Waals surface area contributed by atoms with E-state index >= 15 is 0 Å². The first-order chi connectivity index (χ1) is 13.0. The molecule has 0 unspecified atom stereocenters. The van der Waals surface area contributed by atoms with E-state index < -0.39 is 0 Å². The number of rotatable bonds is 5. The molecule has 2 amide bonds. The molecule has 1 aromatic rings. The van der Waals surface area contributed by atoms with Crippen LogP contribution < -0.4 is 4.74 Å². The van der Waals surface area contributed by atoms with Gasteiger partial charge in [-0.2, -0.15) is 0 Å². The van der Waals surface area contributed by atoms with Crippen LogP contribution in [0.2, 0.25) is 0 Å². The Bertz CT molecular complexity index is 635. The third-order valence-electron chi connectivity index (χ3n) is 5.48. The molecule has 1 heterocycles. The van der Waals surface area contributed by atoms with Crippen LogP contribution in [0.15, 0.2) is 24.3 Å². The first-order valence-corrected chi connectivity index (χ1v) is 10.4. The van der Waals surface area contributed by atoms with Crippen LogP contribution in [-0.2, 0) is 4.79 Å². The largest absolute Gasteiger partial charge is 0.493 e. The van der Waals surface area contributed by atoms with Gasteiger partial charge in [-0.05, 0) is 49.4 Å². The molecule has 27 heavy (non-hydrogen) atoms. The fraction of sp³-hybridized carbons (Fsp3) is 0.636. The number of carbonyl (C=O) groups excluding carboxylic acids is 2. The molecule has 1 aliphatic heterocycles. The van der Waals surface area contributed by atoms with Crippen molar-refractivity contribution in [3.8, 4) is 5.75 Å². The summed E-state index contributed by atoms with van der Waals surface area (Å²) in [7, 11) is 0. The lowest BCUT2D eigenvalue weighted by Crippen LogP contribution is -2.39. The SMILES string of the molecule is CC(C)COc1ccc(C(=O)N2CCCN(C(=O)C3CCCC3)CC2)cc1. The van der Waals surface area contributed by atoms with Gasteiger partial charge in [-0.25, -0.2) is 0 Å². The van der Waals surface area contributed by atoms with E-state index in [-0.39, 0.29) is 11.8 Å². The first kappa shape index (κ1) is 19.7. The molecule has 0 bridgehead atoms. The summed E-state index contributed by atoms with van der Waals surface area (Å²) in [5, 5.41) is 0. The number of carbonyl (C=O) groups is 2. The zero-order valence-electron chi connectivity index (χ0n) is 16.7. The molecule has 2 aliphatic rings. The molecular formula is C22H32N2O3. The molecule has 148 valence electrons. The van der Waals surface area contributed by atoms with Gasteiger partial charge in [-0.15, -0.1) is 0 Å². The Morgan fingerprint density at radius 2 is 1.59 bits per heavy atom. The van der Waals surface area contributed by atoms with E-state index in [9.17, 15) is 9.59 Å². The van der Waals surface area contributed by atoms with E-state index in [1.807, 2.05) is 34.1 Å². The second kappa shape index (κ2) is 9.25. The zero-order valence-corrected chi connectivity index (χ0v) is 16.7. The third kappa shape index (κ3) is 5.24. The van der Waals surface area contributed by atoms with Gasteiger partial charge in [0.05, 0.1) is 6.61 Å². The molecule has 1 saturated heterocycles. The smallest absolute Gasteiger partial charge is 0.253 e. The number of amides is 2. The Morgan fingerprint density at radius 3 is 2.26 bits per heavy atom. The minimum Gasteiger partial charge on any atom is -0.493 e. The average molecular weight is 373 g/mol. The van der Waals surface area contributed by atoms with Crippen molar-refractivity contribution in [2.24, 2.45) is 11.8 Å². The molecule has 5 heteroatoms. The lowest BCUT2D eigenvalue weighted by Gasteiger charge is -2.24. The second-order valence-electron chi connectivity index (χ2n) is 8.18. The number of ether oxygens (including phenoxy) is 1.